The maximum absolute atomic E-state index is 12.0. The third-order valence-corrected chi connectivity index (χ3v) is 5.71. The Labute approximate surface area is 98.0 Å². The zero-order valence-corrected chi connectivity index (χ0v) is 10.6. The van der Waals surface area contributed by atoms with Gasteiger partial charge in [0.25, 0.3) is 0 Å². The van der Waals surface area contributed by atoms with E-state index in [4.69, 9.17) is 5.26 Å². The summed E-state index contributed by atoms with van der Waals surface area (Å²) in [6, 6.07) is 1.98. The van der Waals surface area contributed by atoms with Crippen LogP contribution in [0.3, 0.4) is 0 Å². The summed E-state index contributed by atoms with van der Waals surface area (Å²) >= 11 is 0. The second-order valence-electron chi connectivity index (χ2n) is 4.42. The molecule has 1 rings (SSSR count). The molecule has 4 nitrogen and oxygen atoms in total. The van der Waals surface area contributed by atoms with Crippen molar-refractivity contribution in [2.45, 2.75) is 37.9 Å². The van der Waals surface area contributed by atoms with Crippen LogP contribution in [0, 0.1) is 17.2 Å². The van der Waals surface area contributed by atoms with E-state index in [-0.39, 0.29) is 16.9 Å². The van der Waals surface area contributed by atoms with E-state index in [0.29, 0.717) is 12.8 Å². The Morgan fingerprint density at radius 1 is 1.44 bits per heavy atom. The molecule has 1 N–H and O–H groups in total. The molecule has 0 radical (unpaired) electrons. The first-order chi connectivity index (χ1) is 7.58. The molecule has 0 amide bonds. The second-order valence-corrected chi connectivity index (χ2v) is 6.90. The first-order valence-electron chi connectivity index (χ1n) is 5.87. The molecule has 0 saturated carbocycles. The molecule has 1 heterocycles. The highest BCUT2D eigenvalue weighted by Gasteiger charge is 2.29. The Hall–Kier alpha value is -0.600. The highest BCUT2D eigenvalue weighted by atomic mass is 32.2. The molecule has 16 heavy (non-hydrogen) atoms. The number of nitrogens with one attached hydrogen (secondary N) is 1. The molecule has 1 atom stereocenters. The minimum absolute atomic E-state index is 0.158. The van der Waals surface area contributed by atoms with Gasteiger partial charge in [-0.1, -0.05) is 0 Å². The highest BCUT2D eigenvalue weighted by molar-refractivity contribution is 7.92. The van der Waals surface area contributed by atoms with E-state index < -0.39 is 9.84 Å². The van der Waals surface area contributed by atoms with Gasteiger partial charge in [0.2, 0.25) is 0 Å². The predicted octanol–water partition coefficient (Wildman–Crippen LogP) is 1.09. The fourth-order valence-electron chi connectivity index (χ4n) is 2.15. The number of nitrogens with zero attached hydrogens (tertiary/aromatic N) is 1. The summed E-state index contributed by atoms with van der Waals surface area (Å²) in [5, 5.41) is 11.4. The molecule has 1 saturated heterocycles. The maximum atomic E-state index is 12.0. The molecule has 0 aliphatic carbocycles. The van der Waals surface area contributed by atoms with Gasteiger partial charge in [0.15, 0.2) is 9.84 Å². The van der Waals surface area contributed by atoms with Crippen LogP contribution >= 0.6 is 0 Å². The fraction of sp³-hybridized carbons (Fsp3) is 0.909. The number of unbranched alkanes of at least 4 members (excludes halogenated alkanes) is 1. The van der Waals surface area contributed by atoms with Crippen LogP contribution in [-0.2, 0) is 9.84 Å². The monoisotopic (exact) mass is 244 g/mol. The number of nitriles is 1. The third-order valence-electron chi connectivity index (χ3n) is 3.33. The Morgan fingerprint density at radius 3 is 2.62 bits per heavy atom. The normalized spacial score (nSPS) is 20.2. The lowest BCUT2D eigenvalue weighted by atomic mass is 9.95. The Balaban J connectivity index is 2.50. The lowest BCUT2D eigenvalue weighted by Crippen LogP contribution is -2.37. The van der Waals surface area contributed by atoms with Crippen molar-refractivity contribution in [2.75, 3.05) is 18.8 Å². The summed E-state index contributed by atoms with van der Waals surface area (Å²) in [6.45, 7) is 3.66. The average Bonchev–Trinajstić information content (AvgIpc) is 2.29. The predicted molar refractivity (Wildman–Crippen MR) is 63.7 cm³/mol. The van der Waals surface area contributed by atoms with Crippen LogP contribution in [0.2, 0.25) is 0 Å². The zero-order valence-electron chi connectivity index (χ0n) is 9.78. The van der Waals surface area contributed by atoms with Crippen LogP contribution in [0.4, 0.5) is 0 Å². The van der Waals surface area contributed by atoms with E-state index >= 15 is 0 Å². The molecule has 0 aromatic heterocycles. The molecule has 0 bridgehead atoms. The van der Waals surface area contributed by atoms with Gasteiger partial charge in [0, 0.05) is 6.42 Å². The molecule has 92 valence electrons. The van der Waals surface area contributed by atoms with Gasteiger partial charge in [0.05, 0.1) is 17.1 Å². The van der Waals surface area contributed by atoms with Gasteiger partial charge < -0.3 is 5.32 Å². The van der Waals surface area contributed by atoms with Crippen molar-refractivity contribution in [1.82, 2.24) is 5.32 Å². The van der Waals surface area contributed by atoms with E-state index in [1.165, 1.54) is 0 Å². The largest absolute Gasteiger partial charge is 0.317 e. The quantitative estimate of drug-likeness (QED) is 0.735. The molecule has 1 aliphatic heterocycles. The van der Waals surface area contributed by atoms with Crippen LogP contribution < -0.4 is 5.32 Å². The molecule has 0 aromatic rings. The summed E-state index contributed by atoms with van der Waals surface area (Å²) in [4.78, 5) is 0. The van der Waals surface area contributed by atoms with Crippen molar-refractivity contribution in [3.8, 4) is 6.07 Å². The van der Waals surface area contributed by atoms with Gasteiger partial charge in [0.1, 0.15) is 0 Å². The molecule has 1 fully saturated rings. The van der Waals surface area contributed by atoms with Crippen molar-refractivity contribution in [1.29, 1.82) is 5.26 Å². The SMILES string of the molecule is CC(C1CCNCC1)S(=O)(=O)CCCC#N. The first-order valence-corrected chi connectivity index (χ1v) is 7.58. The van der Waals surface area contributed by atoms with Crippen molar-refractivity contribution in [2.24, 2.45) is 5.92 Å². The van der Waals surface area contributed by atoms with Crippen LogP contribution in [0.1, 0.15) is 32.6 Å². The van der Waals surface area contributed by atoms with Gasteiger partial charge in [-0.05, 0) is 45.2 Å². The van der Waals surface area contributed by atoms with Crippen molar-refractivity contribution in [3.05, 3.63) is 0 Å². The molecule has 0 spiro atoms. The lowest BCUT2D eigenvalue weighted by molar-refractivity contribution is 0.363. The van der Waals surface area contributed by atoms with Gasteiger partial charge in [-0.3, -0.25) is 0 Å². The van der Waals surface area contributed by atoms with Crippen molar-refractivity contribution >= 4 is 9.84 Å². The topological polar surface area (TPSA) is 70.0 Å². The van der Waals surface area contributed by atoms with Crippen LogP contribution in [0.25, 0.3) is 0 Å². The number of hydrogen-bond donors (Lipinski definition) is 1. The van der Waals surface area contributed by atoms with Crippen LogP contribution in [0.5, 0.6) is 0 Å². The first kappa shape index (κ1) is 13.5. The number of piperidine rings is 1. The van der Waals surface area contributed by atoms with Gasteiger partial charge in [-0.2, -0.15) is 5.26 Å². The minimum Gasteiger partial charge on any atom is -0.317 e. The number of rotatable bonds is 5. The summed E-state index contributed by atoms with van der Waals surface area (Å²) in [7, 11) is -3.01. The van der Waals surface area contributed by atoms with Gasteiger partial charge >= 0.3 is 0 Å². The smallest absolute Gasteiger partial charge is 0.153 e. The molecular weight excluding hydrogens is 224 g/mol. The third kappa shape index (κ3) is 3.76. The van der Waals surface area contributed by atoms with Gasteiger partial charge in [-0.25, -0.2) is 8.42 Å². The van der Waals surface area contributed by atoms with Crippen LogP contribution in [0.15, 0.2) is 0 Å². The Morgan fingerprint density at radius 2 is 2.06 bits per heavy atom. The Kier molecular flexibility index (Phi) is 5.23. The van der Waals surface area contributed by atoms with E-state index in [1.807, 2.05) is 13.0 Å². The highest BCUT2D eigenvalue weighted by Crippen LogP contribution is 2.22. The van der Waals surface area contributed by atoms with Crippen molar-refractivity contribution in [3.63, 3.8) is 0 Å². The molecule has 5 heteroatoms. The zero-order chi connectivity index (χ0) is 12.0. The average molecular weight is 244 g/mol. The van der Waals surface area contributed by atoms with Gasteiger partial charge in [-0.15, -0.1) is 0 Å². The summed E-state index contributed by atoms with van der Waals surface area (Å²) in [6.07, 6.45) is 2.68. The lowest BCUT2D eigenvalue weighted by Gasteiger charge is -2.27. The number of hydrogen-bond acceptors (Lipinski definition) is 4. The Bertz CT molecular complexity index is 339. The molecule has 1 aliphatic rings. The molecular formula is C11H20N2O2S. The number of sulfone groups is 1. The van der Waals surface area contributed by atoms with Crippen molar-refractivity contribution < 1.29 is 8.42 Å². The molecule has 0 aromatic carbocycles. The minimum atomic E-state index is -3.01. The fourth-order valence-corrected chi connectivity index (χ4v) is 3.92. The summed E-state index contributed by atoms with van der Waals surface area (Å²) in [5.41, 5.74) is 0. The van der Waals surface area contributed by atoms with Crippen LogP contribution in [-0.4, -0.2) is 32.5 Å². The van der Waals surface area contributed by atoms with E-state index in [9.17, 15) is 8.42 Å². The maximum Gasteiger partial charge on any atom is 0.153 e. The summed E-state index contributed by atoms with van der Waals surface area (Å²) in [5.74, 6) is 0.444. The van der Waals surface area contributed by atoms with E-state index in [0.717, 1.165) is 25.9 Å². The summed E-state index contributed by atoms with van der Waals surface area (Å²) < 4.78 is 23.9. The standard InChI is InChI=1S/C11H20N2O2S/c1-10(11-4-7-13-8-5-11)16(14,15)9-3-2-6-12/h10-11,13H,2-5,7-9H2,1H3. The second kappa shape index (κ2) is 6.21. The van der Waals surface area contributed by atoms with E-state index in [1.54, 1.807) is 0 Å². The van der Waals surface area contributed by atoms with E-state index in [2.05, 4.69) is 5.32 Å². The molecule has 1 unspecified atom stereocenters.